The summed E-state index contributed by atoms with van der Waals surface area (Å²) in [6.07, 6.45) is 4.95. The van der Waals surface area contributed by atoms with Crippen LogP contribution in [-0.2, 0) is 4.79 Å². The molecule has 138 valence electrons. The highest BCUT2D eigenvalue weighted by Gasteiger charge is 2.29. The highest BCUT2D eigenvalue weighted by Crippen LogP contribution is 2.30. The van der Waals surface area contributed by atoms with E-state index in [2.05, 4.69) is 9.97 Å². The minimum atomic E-state index is -0.492. The van der Waals surface area contributed by atoms with Gasteiger partial charge in [0, 0.05) is 26.0 Å². The second-order valence-corrected chi connectivity index (χ2v) is 6.46. The minimum Gasteiger partial charge on any atom is -0.493 e. The Labute approximate surface area is 155 Å². The molecule has 4 rings (SSSR count). The fraction of sp³-hybridized carbons (Fsp3) is 0.250. The van der Waals surface area contributed by atoms with Crippen LogP contribution in [0.15, 0.2) is 48.9 Å². The Bertz CT molecular complexity index is 978. The maximum absolute atomic E-state index is 13.8. The molecule has 3 aromatic rings. The Morgan fingerprint density at radius 2 is 1.96 bits per heavy atom. The zero-order chi connectivity index (χ0) is 18.8. The lowest BCUT2D eigenvalue weighted by molar-refractivity contribution is -0.130. The van der Waals surface area contributed by atoms with Crippen LogP contribution in [0.25, 0.3) is 10.9 Å². The first kappa shape index (κ1) is 17.2. The van der Waals surface area contributed by atoms with Gasteiger partial charge in [0.2, 0.25) is 5.91 Å². The second-order valence-electron chi connectivity index (χ2n) is 6.46. The van der Waals surface area contributed by atoms with Crippen molar-refractivity contribution in [1.82, 2.24) is 14.9 Å². The van der Waals surface area contributed by atoms with Gasteiger partial charge in [-0.3, -0.25) is 14.8 Å². The quantitative estimate of drug-likeness (QED) is 0.691. The zero-order valence-electron chi connectivity index (χ0n) is 14.8. The van der Waals surface area contributed by atoms with Gasteiger partial charge in [0.05, 0.1) is 24.1 Å². The molecule has 1 aromatic carbocycles. The number of pyridine rings is 2. The van der Waals surface area contributed by atoms with Crippen LogP contribution >= 0.6 is 0 Å². The third kappa shape index (κ3) is 3.53. The Balaban J connectivity index is 1.44. The first-order valence-corrected chi connectivity index (χ1v) is 8.66. The summed E-state index contributed by atoms with van der Waals surface area (Å²) in [5.74, 6) is 1.26. The summed E-state index contributed by atoms with van der Waals surface area (Å²) < 4.78 is 25.4. The topological polar surface area (TPSA) is 64.6 Å². The van der Waals surface area contributed by atoms with Gasteiger partial charge in [0.15, 0.2) is 5.82 Å². The van der Waals surface area contributed by atoms with Crippen LogP contribution in [-0.4, -0.2) is 41.0 Å². The SMILES string of the molecule is CN1CCC(COc2ccc(Oc3ccnc4c(F)cncc34)cc2)C1=O. The molecular weight excluding hydrogens is 349 g/mol. The number of fused-ring (bicyclic) bond motifs is 1. The third-order valence-corrected chi connectivity index (χ3v) is 4.61. The molecule has 1 amide bonds. The highest BCUT2D eigenvalue weighted by atomic mass is 19.1. The predicted molar refractivity (Wildman–Crippen MR) is 97.3 cm³/mol. The van der Waals surface area contributed by atoms with Crippen LogP contribution < -0.4 is 9.47 Å². The van der Waals surface area contributed by atoms with E-state index in [0.29, 0.717) is 29.2 Å². The van der Waals surface area contributed by atoms with Crippen molar-refractivity contribution in [2.24, 2.45) is 5.92 Å². The fourth-order valence-electron chi connectivity index (χ4n) is 3.08. The van der Waals surface area contributed by atoms with E-state index in [1.54, 1.807) is 42.3 Å². The molecule has 7 heteroatoms. The minimum absolute atomic E-state index is 0.0866. The van der Waals surface area contributed by atoms with Crippen molar-refractivity contribution in [2.75, 3.05) is 20.2 Å². The standard InChI is InChI=1S/C20H18FN3O3/c1-24-9-7-13(20(24)25)12-26-14-2-4-15(5-3-14)27-18-6-8-23-19-16(18)10-22-11-17(19)21/h2-6,8,10-11,13H,7,9,12H2,1H3. The van der Waals surface area contributed by atoms with E-state index >= 15 is 0 Å². The molecule has 3 heterocycles. The van der Waals surface area contributed by atoms with Crippen LogP contribution in [0.2, 0.25) is 0 Å². The van der Waals surface area contributed by atoms with Gasteiger partial charge >= 0.3 is 0 Å². The average molecular weight is 367 g/mol. The Hall–Kier alpha value is -3.22. The first-order chi connectivity index (χ1) is 13.1. The maximum Gasteiger partial charge on any atom is 0.228 e. The fourth-order valence-corrected chi connectivity index (χ4v) is 3.08. The molecule has 1 saturated heterocycles. The monoisotopic (exact) mass is 367 g/mol. The predicted octanol–water partition coefficient (Wildman–Crippen LogP) is 3.42. The summed E-state index contributed by atoms with van der Waals surface area (Å²) in [7, 11) is 1.80. The number of benzene rings is 1. The average Bonchev–Trinajstić information content (AvgIpc) is 3.00. The van der Waals surface area contributed by atoms with Crippen molar-refractivity contribution in [2.45, 2.75) is 6.42 Å². The zero-order valence-corrected chi connectivity index (χ0v) is 14.8. The van der Waals surface area contributed by atoms with E-state index in [1.807, 2.05) is 0 Å². The van der Waals surface area contributed by atoms with Gasteiger partial charge in [-0.05, 0) is 36.8 Å². The number of hydrogen-bond donors (Lipinski definition) is 0. The molecule has 1 aliphatic heterocycles. The summed E-state index contributed by atoms with van der Waals surface area (Å²) in [6, 6.07) is 8.74. The van der Waals surface area contributed by atoms with Crippen LogP contribution in [0.1, 0.15) is 6.42 Å². The number of halogens is 1. The molecular formula is C20H18FN3O3. The number of carbonyl (C=O) groups is 1. The van der Waals surface area contributed by atoms with Gasteiger partial charge in [-0.2, -0.15) is 0 Å². The first-order valence-electron chi connectivity index (χ1n) is 8.66. The molecule has 27 heavy (non-hydrogen) atoms. The van der Waals surface area contributed by atoms with Crippen molar-refractivity contribution in [3.8, 4) is 17.2 Å². The van der Waals surface area contributed by atoms with Gasteiger partial charge in [-0.15, -0.1) is 0 Å². The molecule has 2 aromatic heterocycles. The normalized spacial score (nSPS) is 16.7. The Kier molecular flexibility index (Phi) is 4.58. The molecule has 1 atom stereocenters. The van der Waals surface area contributed by atoms with Gasteiger partial charge in [-0.1, -0.05) is 0 Å². The largest absolute Gasteiger partial charge is 0.493 e. The number of nitrogens with zero attached hydrogens (tertiary/aromatic N) is 3. The van der Waals surface area contributed by atoms with E-state index < -0.39 is 5.82 Å². The van der Waals surface area contributed by atoms with Crippen molar-refractivity contribution in [3.63, 3.8) is 0 Å². The van der Waals surface area contributed by atoms with Crippen LogP contribution in [0.5, 0.6) is 17.2 Å². The molecule has 0 N–H and O–H groups in total. The number of amides is 1. The lowest BCUT2D eigenvalue weighted by atomic mass is 10.1. The Morgan fingerprint density at radius 1 is 1.19 bits per heavy atom. The summed E-state index contributed by atoms with van der Waals surface area (Å²) >= 11 is 0. The molecule has 1 aliphatic rings. The molecule has 0 aliphatic carbocycles. The lowest BCUT2D eigenvalue weighted by Gasteiger charge is -2.12. The number of hydrogen-bond acceptors (Lipinski definition) is 5. The summed E-state index contributed by atoms with van der Waals surface area (Å²) in [4.78, 5) is 21.5. The smallest absolute Gasteiger partial charge is 0.228 e. The van der Waals surface area contributed by atoms with Crippen LogP contribution in [0.4, 0.5) is 4.39 Å². The summed E-state index contributed by atoms with van der Waals surface area (Å²) in [5, 5.41) is 0.502. The van der Waals surface area contributed by atoms with Crippen molar-refractivity contribution in [1.29, 1.82) is 0 Å². The third-order valence-electron chi connectivity index (χ3n) is 4.61. The van der Waals surface area contributed by atoms with E-state index in [4.69, 9.17) is 9.47 Å². The number of carbonyl (C=O) groups excluding carboxylic acids is 1. The molecule has 6 nitrogen and oxygen atoms in total. The van der Waals surface area contributed by atoms with Crippen LogP contribution in [0.3, 0.4) is 0 Å². The molecule has 0 spiro atoms. The number of aromatic nitrogens is 2. The van der Waals surface area contributed by atoms with Gasteiger partial charge in [0.1, 0.15) is 22.8 Å². The van der Waals surface area contributed by atoms with E-state index in [1.165, 1.54) is 12.4 Å². The van der Waals surface area contributed by atoms with Crippen molar-refractivity contribution < 1.29 is 18.7 Å². The summed E-state index contributed by atoms with van der Waals surface area (Å²) in [5.41, 5.74) is 0.216. The van der Waals surface area contributed by atoms with E-state index in [9.17, 15) is 9.18 Å². The lowest BCUT2D eigenvalue weighted by Crippen LogP contribution is -2.25. The van der Waals surface area contributed by atoms with Crippen molar-refractivity contribution in [3.05, 3.63) is 54.7 Å². The Morgan fingerprint density at radius 3 is 2.70 bits per heavy atom. The van der Waals surface area contributed by atoms with Gasteiger partial charge in [-0.25, -0.2) is 4.39 Å². The second kappa shape index (κ2) is 7.19. The molecule has 1 fully saturated rings. The molecule has 0 bridgehead atoms. The van der Waals surface area contributed by atoms with E-state index in [-0.39, 0.29) is 17.3 Å². The maximum atomic E-state index is 13.8. The highest BCUT2D eigenvalue weighted by molar-refractivity contribution is 5.84. The summed E-state index contributed by atoms with van der Waals surface area (Å²) in [6.45, 7) is 1.14. The van der Waals surface area contributed by atoms with Gasteiger partial charge < -0.3 is 14.4 Å². The number of likely N-dealkylation sites (tertiary alicyclic amines) is 1. The van der Waals surface area contributed by atoms with Gasteiger partial charge in [0.25, 0.3) is 0 Å². The van der Waals surface area contributed by atoms with E-state index in [0.717, 1.165) is 19.2 Å². The van der Waals surface area contributed by atoms with Crippen LogP contribution in [0, 0.1) is 11.7 Å². The number of ether oxygens (including phenoxy) is 2. The molecule has 1 unspecified atom stereocenters. The molecule has 0 radical (unpaired) electrons. The molecule has 0 saturated carbocycles. The number of rotatable bonds is 5. The van der Waals surface area contributed by atoms with Crippen molar-refractivity contribution >= 4 is 16.8 Å².